The summed E-state index contributed by atoms with van der Waals surface area (Å²) in [6.07, 6.45) is -6.35. The number of carbonyl (C=O) groups excluding carboxylic acids is 4. The first kappa shape index (κ1) is 40.3. The number of nitrogens with two attached hydrogens (primary N) is 1. The molecule has 0 unspecified atom stereocenters. The second-order valence-electron chi connectivity index (χ2n) is 7.94. The highest BCUT2D eigenvalue weighted by Gasteiger charge is 2.38. The highest BCUT2D eigenvalue weighted by Crippen LogP contribution is 2.13. The molecule has 0 aliphatic rings. The van der Waals surface area contributed by atoms with Gasteiger partial charge in [-0.15, -0.1) is 0 Å². The van der Waals surface area contributed by atoms with Crippen molar-refractivity contribution in [1.82, 2.24) is 21.3 Å². The largest absolute Gasteiger partial charge is 0.490 e. The molecule has 0 aliphatic heterocycles. The Morgan fingerprint density at radius 1 is 0.690 bits per heavy atom. The number of hydrogen-bond donors (Lipinski definition) is 11. The van der Waals surface area contributed by atoms with E-state index < -0.39 is 90.8 Å². The first-order chi connectivity index (χ1) is 19.3. The fraction of sp³-hybridized carbons (Fsp3) is 0.600. The number of carboxylic acid groups (broad SMARTS) is 4. The van der Waals surface area contributed by atoms with Crippen molar-refractivity contribution >= 4 is 72.8 Å². The van der Waals surface area contributed by atoms with Crippen LogP contribution in [0.5, 0.6) is 0 Å². The van der Waals surface area contributed by atoms with Crippen LogP contribution in [0.2, 0.25) is 0 Å². The molecule has 4 atom stereocenters. The van der Waals surface area contributed by atoms with Gasteiger partial charge in [-0.25, -0.2) is 9.59 Å². The van der Waals surface area contributed by atoms with E-state index in [2.05, 4.69) is 46.5 Å². The van der Waals surface area contributed by atoms with Crippen LogP contribution in [-0.2, 0) is 38.4 Å². The van der Waals surface area contributed by atoms with Gasteiger partial charge in [-0.05, 0) is 12.8 Å². The van der Waals surface area contributed by atoms with Gasteiger partial charge in [0.2, 0.25) is 23.6 Å². The summed E-state index contributed by atoms with van der Waals surface area (Å²) >= 11 is 7.84. The van der Waals surface area contributed by atoms with Gasteiger partial charge < -0.3 is 47.4 Å². The van der Waals surface area contributed by atoms with Gasteiger partial charge in [-0.1, -0.05) is 0 Å². The monoisotopic (exact) mass is 653 g/mol. The zero-order valence-electron chi connectivity index (χ0n) is 21.4. The smallest absolute Gasteiger partial charge is 0.480 e. The Morgan fingerprint density at radius 2 is 1.12 bits per heavy atom. The van der Waals surface area contributed by atoms with Crippen molar-refractivity contribution < 1.29 is 72.0 Å². The van der Waals surface area contributed by atoms with Crippen molar-refractivity contribution in [2.75, 3.05) is 18.1 Å². The topological polar surface area (TPSA) is 292 Å². The molecule has 0 saturated heterocycles. The van der Waals surface area contributed by atoms with E-state index in [4.69, 9.17) is 25.8 Å². The molecule has 10 N–H and O–H groups in total. The van der Waals surface area contributed by atoms with Crippen LogP contribution in [-0.4, -0.2) is 116 Å². The van der Waals surface area contributed by atoms with Gasteiger partial charge >= 0.3 is 30.1 Å². The Balaban J connectivity index is 0. The fourth-order valence-electron chi connectivity index (χ4n) is 2.42. The summed E-state index contributed by atoms with van der Waals surface area (Å²) in [4.78, 5) is 89.9. The van der Waals surface area contributed by atoms with Gasteiger partial charge in [0.15, 0.2) is 0 Å². The Hall–Kier alpha value is -3.79. The van der Waals surface area contributed by atoms with Crippen LogP contribution in [0.4, 0.5) is 13.2 Å². The van der Waals surface area contributed by atoms with Crippen LogP contribution in [0.15, 0.2) is 0 Å². The summed E-state index contributed by atoms with van der Waals surface area (Å²) in [6, 6.07) is -5.20. The molecular weight excluding hydrogens is 623 g/mol. The molecule has 17 nitrogen and oxygen atoms in total. The predicted octanol–water partition coefficient (Wildman–Crippen LogP) is -2.81. The number of amides is 4. The van der Waals surface area contributed by atoms with Gasteiger partial charge in [-0.2, -0.15) is 38.4 Å². The third-order valence-corrected chi connectivity index (χ3v) is 5.33. The van der Waals surface area contributed by atoms with Gasteiger partial charge in [-0.3, -0.25) is 28.8 Å². The average Bonchev–Trinajstić information content (AvgIpc) is 2.88. The molecule has 240 valence electrons. The van der Waals surface area contributed by atoms with E-state index in [9.17, 15) is 51.8 Å². The Bertz CT molecular complexity index is 1000. The molecule has 0 aromatic rings. The van der Waals surface area contributed by atoms with Crippen molar-refractivity contribution in [1.29, 1.82) is 0 Å². The molecule has 0 bridgehead atoms. The zero-order valence-corrected chi connectivity index (χ0v) is 23.2. The molecule has 22 heteroatoms. The first-order valence-electron chi connectivity index (χ1n) is 11.4. The number of thiol groups is 2. The Kier molecular flexibility index (Phi) is 19.4. The van der Waals surface area contributed by atoms with E-state index in [1.165, 1.54) is 0 Å². The lowest BCUT2D eigenvalue weighted by atomic mass is 10.1. The second-order valence-corrected chi connectivity index (χ2v) is 8.67. The van der Waals surface area contributed by atoms with Crippen LogP contribution in [0, 0.1) is 0 Å². The van der Waals surface area contributed by atoms with Gasteiger partial charge in [0.05, 0.1) is 0 Å². The maximum Gasteiger partial charge on any atom is 0.490 e. The summed E-state index contributed by atoms with van der Waals surface area (Å²) in [7, 11) is 0. The minimum Gasteiger partial charge on any atom is -0.480 e. The summed E-state index contributed by atoms with van der Waals surface area (Å²) in [5.41, 5.74) is 5.31. The lowest BCUT2D eigenvalue weighted by Crippen LogP contribution is -2.53. The Morgan fingerprint density at radius 3 is 1.48 bits per heavy atom. The first-order valence-corrected chi connectivity index (χ1v) is 12.6. The predicted molar refractivity (Wildman–Crippen MR) is 140 cm³/mol. The van der Waals surface area contributed by atoms with Crippen molar-refractivity contribution in [3.05, 3.63) is 0 Å². The second kappa shape index (κ2) is 20.1. The number of rotatable bonds is 17. The average molecular weight is 654 g/mol. The molecule has 0 aromatic carbocycles. The third kappa shape index (κ3) is 18.5. The van der Waals surface area contributed by atoms with Crippen molar-refractivity contribution in [2.45, 2.75) is 56.0 Å². The number of aliphatic carboxylic acids is 4. The molecule has 0 radical (unpaired) electrons. The van der Waals surface area contributed by atoms with Crippen molar-refractivity contribution in [3.63, 3.8) is 0 Å². The summed E-state index contributed by atoms with van der Waals surface area (Å²) in [5, 5.41) is 42.6. The minimum atomic E-state index is -5.08. The maximum atomic E-state index is 12.4. The molecule has 0 aromatic heterocycles. The highest BCUT2D eigenvalue weighted by molar-refractivity contribution is 7.80. The van der Waals surface area contributed by atoms with E-state index in [-0.39, 0.29) is 30.8 Å². The molecule has 4 amide bonds. The van der Waals surface area contributed by atoms with Crippen LogP contribution in [0.25, 0.3) is 0 Å². The van der Waals surface area contributed by atoms with Gasteiger partial charge in [0.25, 0.3) is 0 Å². The minimum absolute atomic E-state index is 0.156. The number of nitrogens with one attached hydrogen (secondary N) is 4. The van der Waals surface area contributed by atoms with Crippen LogP contribution in [0.1, 0.15) is 25.7 Å². The molecule has 0 heterocycles. The molecular formula is C20H30F3N5O12S2. The SMILES string of the molecule is N[C@@H](CCC(=O)N[C@@H](CS)C(=O)N[C@@H](CCC(=O)N[C@@H](CS)C(=O)NCC(=O)O)C(=O)O)C(=O)O.O=C(O)C(F)(F)F. The molecule has 0 fully saturated rings. The molecule has 0 saturated carbocycles. The lowest BCUT2D eigenvalue weighted by Gasteiger charge is -2.21. The third-order valence-electron chi connectivity index (χ3n) is 4.60. The summed E-state index contributed by atoms with van der Waals surface area (Å²) in [6.45, 7) is -0.665. The van der Waals surface area contributed by atoms with E-state index in [0.29, 0.717) is 0 Å². The molecule has 42 heavy (non-hydrogen) atoms. The van der Waals surface area contributed by atoms with Crippen molar-refractivity contribution in [2.24, 2.45) is 5.73 Å². The number of halogens is 3. The highest BCUT2D eigenvalue weighted by atomic mass is 32.1. The standard InChI is InChI=1S/C18H29N5O10S2.C2HF3O2/c19-8(17(30)31)1-3-12(24)22-11(7-35)16(29)23-9(18(32)33)2-4-13(25)21-10(6-34)15(28)20-5-14(26)27;3-2(4,5)1(6)7/h8-11,34-35H,1-7,19H2,(H,20,28)(H,21,25)(H,22,24)(H,23,29)(H,26,27)(H,30,31)(H,32,33);(H,6,7)/t8-,9-,10-,11-;/m0./s1. The maximum absolute atomic E-state index is 12.4. The van der Waals surface area contributed by atoms with E-state index >= 15 is 0 Å². The zero-order chi connectivity index (χ0) is 33.2. The van der Waals surface area contributed by atoms with Crippen LogP contribution in [0.3, 0.4) is 0 Å². The normalized spacial score (nSPS) is 13.5. The summed E-state index contributed by atoms with van der Waals surface area (Å²) < 4.78 is 31.7. The molecule has 0 rings (SSSR count). The quantitative estimate of drug-likeness (QED) is 0.0708. The van der Waals surface area contributed by atoms with E-state index in [1.54, 1.807) is 0 Å². The van der Waals surface area contributed by atoms with Gasteiger partial charge in [0, 0.05) is 24.3 Å². The van der Waals surface area contributed by atoms with Crippen LogP contribution < -0.4 is 27.0 Å². The molecule has 0 spiro atoms. The Labute approximate surface area is 245 Å². The fourth-order valence-corrected chi connectivity index (χ4v) is 2.94. The number of carboxylic acids is 4. The number of alkyl halides is 3. The van der Waals surface area contributed by atoms with E-state index in [0.717, 1.165) is 0 Å². The number of carbonyl (C=O) groups is 8. The van der Waals surface area contributed by atoms with Gasteiger partial charge in [0.1, 0.15) is 30.7 Å². The summed E-state index contributed by atoms with van der Waals surface area (Å²) in [5.74, 6) is -10.3. The van der Waals surface area contributed by atoms with Crippen molar-refractivity contribution in [3.8, 4) is 0 Å². The van der Waals surface area contributed by atoms with Crippen LogP contribution >= 0.6 is 25.3 Å². The number of hydrogen-bond acceptors (Lipinski definition) is 11. The van der Waals surface area contributed by atoms with E-state index in [1.807, 2.05) is 0 Å². The molecule has 0 aliphatic carbocycles. The lowest BCUT2D eigenvalue weighted by molar-refractivity contribution is -0.192.